The number of carbonyl (C=O) groups is 2. The van der Waals surface area contributed by atoms with Crippen LogP contribution in [0, 0.1) is 0 Å². The minimum absolute atomic E-state index is 0.00295. The van der Waals surface area contributed by atoms with Gasteiger partial charge >= 0.3 is 5.97 Å². The van der Waals surface area contributed by atoms with Crippen LogP contribution in [-0.4, -0.2) is 37.0 Å². The molecule has 1 amide bonds. The summed E-state index contributed by atoms with van der Waals surface area (Å²) in [4.78, 5) is 27.4. The molecule has 0 aliphatic carbocycles. The van der Waals surface area contributed by atoms with Crippen molar-refractivity contribution in [2.24, 2.45) is 0 Å². The third-order valence-electron chi connectivity index (χ3n) is 5.87. The highest BCUT2D eigenvalue weighted by molar-refractivity contribution is 6.01. The number of nitrogens with one attached hydrogen (secondary N) is 1. The van der Waals surface area contributed by atoms with E-state index in [1.807, 2.05) is 53.4 Å². The van der Waals surface area contributed by atoms with Crippen LogP contribution in [0.3, 0.4) is 0 Å². The summed E-state index contributed by atoms with van der Waals surface area (Å²) in [5.41, 5.74) is 3.57. The first-order valence-corrected chi connectivity index (χ1v) is 11.8. The molecule has 3 aromatic carbocycles. The standard InChI is InChI=1S/C28H30N2O5/c1-4-16-30-26(29-23-12-8-6-10-21(23)27(30)31)19-14-15-24(33-3)20(17-19)18-35-25-13-9-7-11-22(25)28(32)34-5-2/h6-15,17,26,29H,4-5,16,18H2,1-3H3. The topological polar surface area (TPSA) is 77.1 Å². The Kier molecular flexibility index (Phi) is 7.55. The van der Waals surface area contributed by atoms with E-state index in [0.717, 1.165) is 23.2 Å². The van der Waals surface area contributed by atoms with Crippen molar-refractivity contribution in [2.45, 2.75) is 33.0 Å². The third-order valence-corrected chi connectivity index (χ3v) is 5.87. The second-order valence-electron chi connectivity index (χ2n) is 8.17. The van der Waals surface area contributed by atoms with E-state index < -0.39 is 5.97 Å². The van der Waals surface area contributed by atoms with Crippen molar-refractivity contribution in [1.29, 1.82) is 0 Å². The molecule has 3 aromatic rings. The Hall–Kier alpha value is -4.00. The third kappa shape index (κ3) is 5.09. The number of hydrogen-bond donors (Lipinski definition) is 1. The lowest BCUT2D eigenvalue weighted by Gasteiger charge is -2.38. The average Bonchev–Trinajstić information content (AvgIpc) is 2.89. The molecular weight excluding hydrogens is 444 g/mol. The zero-order chi connectivity index (χ0) is 24.8. The largest absolute Gasteiger partial charge is 0.496 e. The Morgan fingerprint density at radius 1 is 1.00 bits per heavy atom. The van der Waals surface area contributed by atoms with E-state index in [-0.39, 0.29) is 25.3 Å². The van der Waals surface area contributed by atoms with Gasteiger partial charge in [-0.15, -0.1) is 0 Å². The summed E-state index contributed by atoms with van der Waals surface area (Å²) >= 11 is 0. The molecule has 7 nitrogen and oxygen atoms in total. The SMILES string of the molecule is CCCN1C(=O)c2ccccc2NC1c1ccc(OC)c(COc2ccccc2C(=O)OCC)c1. The number of nitrogens with zero attached hydrogens (tertiary/aromatic N) is 1. The second-order valence-corrected chi connectivity index (χ2v) is 8.17. The van der Waals surface area contributed by atoms with Gasteiger partial charge in [-0.3, -0.25) is 4.79 Å². The second kappa shape index (κ2) is 11.0. The highest BCUT2D eigenvalue weighted by Gasteiger charge is 2.32. The van der Waals surface area contributed by atoms with E-state index in [1.165, 1.54) is 0 Å². The van der Waals surface area contributed by atoms with E-state index in [0.29, 0.717) is 29.2 Å². The van der Waals surface area contributed by atoms with Gasteiger partial charge in [0.2, 0.25) is 0 Å². The van der Waals surface area contributed by atoms with Crippen molar-refractivity contribution in [3.8, 4) is 11.5 Å². The number of para-hydroxylation sites is 2. The monoisotopic (exact) mass is 474 g/mol. The summed E-state index contributed by atoms with van der Waals surface area (Å²) in [5, 5.41) is 3.52. The smallest absolute Gasteiger partial charge is 0.341 e. The van der Waals surface area contributed by atoms with Gasteiger partial charge in [-0.2, -0.15) is 0 Å². The van der Waals surface area contributed by atoms with Crippen molar-refractivity contribution >= 4 is 17.6 Å². The normalized spacial score (nSPS) is 14.7. The van der Waals surface area contributed by atoms with Crippen LogP contribution in [0.15, 0.2) is 66.7 Å². The van der Waals surface area contributed by atoms with Crippen LogP contribution in [-0.2, 0) is 11.3 Å². The molecule has 0 fully saturated rings. The van der Waals surface area contributed by atoms with Gasteiger partial charge in [-0.1, -0.05) is 37.3 Å². The number of methoxy groups -OCH3 is 1. The molecule has 1 atom stereocenters. The first-order valence-electron chi connectivity index (χ1n) is 11.8. The average molecular weight is 475 g/mol. The van der Waals surface area contributed by atoms with Gasteiger partial charge in [0.25, 0.3) is 5.91 Å². The fraction of sp³-hybridized carbons (Fsp3) is 0.286. The highest BCUT2D eigenvalue weighted by atomic mass is 16.5. The summed E-state index contributed by atoms with van der Waals surface area (Å²) in [7, 11) is 1.60. The molecule has 1 unspecified atom stereocenters. The van der Waals surface area contributed by atoms with Gasteiger partial charge < -0.3 is 24.4 Å². The summed E-state index contributed by atoms with van der Waals surface area (Å²) in [6, 6.07) is 20.4. The number of rotatable bonds is 9. The number of benzene rings is 3. The van der Waals surface area contributed by atoms with Crippen LogP contribution in [0.1, 0.15) is 58.3 Å². The number of ether oxygens (including phenoxy) is 3. The predicted molar refractivity (Wildman–Crippen MR) is 134 cm³/mol. The van der Waals surface area contributed by atoms with E-state index in [1.54, 1.807) is 32.2 Å². The molecule has 0 saturated carbocycles. The fourth-order valence-corrected chi connectivity index (χ4v) is 4.23. The maximum Gasteiger partial charge on any atom is 0.341 e. The highest BCUT2D eigenvalue weighted by Crippen LogP contribution is 2.35. The number of carbonyl (C=O) groups excluding carboxylic acids is 2. The maximum atomic E-state index is 13.3. The molecule has 0 saturated heterocycles. The van der Waals surface area contributed by atoms with E-state index in [9.17, 15) is 9.59 Å². The Bertz CT molecular complexity index is 1210. The number of esters is 1. The van der Waals surface area contributed by atoms with Crippen LogP contribution >= 0.6 is 0 Å². The minimum Gasteiger partial charge on any atom is -0.496 e. The molecule has 0 bridgehead atoms. The van der Waals surface area contributed by atoms with Crippen LogP contribution < -0.4 is 14.8 Å². The maximum absolute atomic E-state index is 13.3. The van der Waals surface area contributed by atoms with Crippen LogP contribution in [0.4, 0.5) is 5.69 Å². The lowest BCUT2D eigenvalue weighted by Crippen LogP contribution is -2.43. The molecule has 1 heterocycles. The van der Waals surface area contributed by atoms with E-state index in [4.69, 9.17) is 14.2 Å². The van der Waals surface area contributed by atoms with Gasteiger partial charge in [0.15, 0.2) is 0 Å². The fourth-order valence-electron chi connectivity index (χ4n) is 4.23. The summed E-state index contributed by atoms with van der Waals surface area (Å²) in [6.07, 6.45) is 0.511. The summed E-state index contributed by atoms with van der Waals surface area (Å²) in [6.45, 7) is 4.91. The van der Waals surface area contributed by atoms with Crippen molar-refractivity contribution in [1.82, 2.24) is 4.90 Å². The van der Waals surface area contributed by atoms with Crippen molar-refractivity contribution in [3.63, 3.8) is 0 Å². The molecule has 1 aliphatic heterocycles. The summed E-state index contributed by atoms with van der Waals surface area (Å²) in [5.74, 6) is 0.670. The Balaban J connectivity index is 1.63. The molecule has 35 heavy (non-hydrogen) atoms. The number of anilines is 1. The molecule has 4 rings (SSSR count). The van der Waals surface area contributed by atoms with Crippen molar-refractivity contribution in [3.05, 3.63) is 89.0 Å². The predicted octanol–water partition coefficient (Wildman–Crippen LogP) is 5.43. The Labute approximate surface area is 205 Å². The zero-order valence-electron chi connectivity index (χ0n) is 20.2. The van der Waals surface area contributed by atoms with Crippen LogP contribution in [0.25, 0.3) is 0 Å². The van der Waals surface area contributed by atoms with Crippen LogP contribution in [0.5, 0.6) is 11.5 Å². The zero-order valence-corrected chi connectivity index (χ0v) is 20.2. The molecule has 1 aliphatic rings. The van der Waals surface area contributed by atoms with Gasteiger partial charge in [0.1, 0.15) is 29.8 Å². The number of fused-ring (bicyclic) bond motifs is 1. The first-order chi connectivity index (χ1) is 17.1. The van der Waals surface area contributed by atoms with Crippen molar-refractivity contribution < 1.29 is 23.8 Å². The molecule has 182 valence electrons. The van der Waals surface area contributed by atoms with Gasteiger partial charge in [0, 0.05) is 17.8 Å². The first kappa shape index (κ1) is 24.1. The van der Waals surface area contributed by atoms with Gasteiger partial charge in [0.05, 0.1) is 19.3 Å². The van der Waals surface area contributed by atoms with Crippen molar-refractivity contribution in [2.75, 3.05) is 25.6 Å². The van der Waals surface area contributed by atoms with Gasteiger partial charge in [-0.05, 0) is 55.3 Å². The minimum atomic E-state index is -0.428. The lowest BCUT2D eigenvalue weighted by molar-refractivity contribution is 0.0521. The number of hydrogen-bond acceptors (Lipinski definition) is 6. The molecule has 7 heteroatoms. The Morgan fingerprint density at radius 3 is 2.54 bits per heavy atom. The molecule has 0 radical (unpaired) electrons. The molecule has 1 N–H and O–H groups in total. The summed E-state index contributed by atoms with van der Waals surface area (Å²) < 4.78 is 16.8. The lowest BCUT2D eigenvalue weighted by atomic mass is 10.0. The molecular formula is C28H30N2O5. The van der Waals surface area contributed by atoms with E-state index >= 15 is 0 Å². The van der Waals surface area contributed by atoms with E-state index in [2.05, 4.69) is 12.2 Å². The number of amides is 1. The molecule has 0 spiro atoms. The van der Waals surface area contributed by atoms with Crippen LogP contribution in [0.2, 0.25) is 0 Å². The van der Waals surface area contributed by atoms with Gasteiger partial charge in [-0.25, -0.2) is 4.79 Å². The quantitative estimate of drug-likeness (QED) is 0.417. The Morgan fingerprint density at radius 2 is 1.77 bits per heavy atom. The molecule has 0 aromatic heterocycles.